The zero-order chi connectivity index (χ0) is 13.4. The second-order valence-electron chi connectivity index (χ2n) is 4.86. The minimum atomic E-state index is -0.0875. The standard InChI is InChI=1S/C14H18ClN3/c1-8-5-13(18(3)4)12-7-10(15)6-11(9(2)16)14(12)17-8/h5-7,9H,16H2,1-4H3. The van der Waals surface area contributed by atoms with Gasteiger partial charge < -0.3 is 10.6 Å². The van der Waals surface area contributed by atoms with Crippen molar-refractivity contribution in [2.24, 2.45) is 5.73 Å². The molecule has 1 unspecified atom stereocenters. The van der Waals surface area contributed by atoms with E-state index in [1.165, 1.54) is 0 Å². The molecule has 2 aromatic rings. The number of fused-ring (bicyclic) bond motifs is 1. The first-order valence-electron chi connectivity index (χ1n) is 5.94. The highest BCUT2D eigenvalue weighted by Crippen LogP contribution is 2.32. The van der Waals surface area contributed by atoms with E-state index in [2.05, 4.69) is 16.0 Å². The Balaban J connectivity index is 2.89. The van der Waals surface area contributed by atoms with E-state index in [9.17, 15) is 0 Å². The number of halogens is 1. The molecule has 3 nitrogen and oxygen atoms in total. The minimum Gasteiger partial charge on any atom is -0.377 e. The fourth-order valence-electron chi connectivity index (χ4n) is 2.14. The number of hydrogen-bond donors (Lipinski definition) is 1. The predicted octanol–water partition coefficient (Wildman–Crippen LogP) is 3.28. The van der Waals surface area contributed by atoms with Crippen LogP contribution in [0.3, 0.4) is 0 Å². The van der Waals surface area contributed by atoms with Crippen LogP contribution >= 0.6 is 11.6 Å². The van der Waals surface area contributed by atoms with Crippen LogP contribution in [0.15, 0.2) is 18.2 Å². The van der Waals surface area contributed by atoms with Crippen molar-refractivity contribution in [2.75, 3.05) is 19.0 Å². The minimum absolute atomic E-state index is 0.0875. The van der Waals surface area contributed by atoms with E-state index >= 15 is 0 Å². The predicted molar refractivity (Wildman–Crippen MR) is 78.4 cm³/mol. The second-order valence-corrected chi connectivity index (χ2v) is 5.29. The van der Waals surface area contributed by atoms with Crippen LogP contribution < -0.4 is 10.6 Å². The zero-order valence-electron chi connectivity index (χ0n) is 11.2. The van der Waals surface area contributed by atoms with Crippen molar-refractivity contribution in [3.63, 3.8) is 0 Å². The SMILES string of the molecule is Cc1cc(N(C)C)c2cc(Cl)cc(C(C)N)c2n1. The van der Waals surface area contributed by atoms with Crippen LogP contribution in [0.5, 0.6) is 0 Å². The van der Waals surface area contributed by atoms with Gasteiger partial charge in [0.25, 0.3) is 0 Å². The van der Waals surface area contributed by atoms with E-state index in [1.54, 1.807) is 0 Å². The van der Waals surface area contributed by atoms with Gasteiger partial charge in [-0.05, 0) is 37.6 Å². The van der Waals surface area contributed by atoms with Crippen molar-refractivity contribution in [3.05, 3.63) is 34.5 Å². The molecule has 1 atom stereocenters. The Morgan fingerprint density at radius 2 is 1.94 bits per heavy atom. The van der Waals surface area contributed by atoms with Crippen LogP contribution in [-0.4, -0.2) is 19.1 Å². The number of nitrogens with two attached hydrogens (primary N) is 1. The van der Waals surface area contributed by atoms with E-state index in [4.69, 9.17) is 17.3 Å². The number of pyridine rings is 1. The van der Waals surface area contributed by atoms with Crippen LogP contribution in [0, 0.1) is 6.92 Å². The van der Waals surface area contributed by atoms with Crippen molar-refractivity contribution in [3.8, 4) is 0 Å². The molecule has 0 radical (unpaired) electrons. The summed E-state index contributed by atoms with van der Waals surface area (Å²) in [5.74, 6) is 0. The number of hydrogen-bond acceptors (Lipinski definition) is 3. The summed E-state index contributed by atoms with van der Waals surface area (Å²) in [6.07, 6.45) is 0. The number of nitrogens with zero attached hydrogens (tertiary/aromatic N) is 2. The smallest absolute Gasteiger partial charge is 0.0774 e. The van der Waals surface area contributed by atoms with Gasteiger partial charge in [-0.3, -0.25) is 4.98 Å². The van der Waals surface area contributed by atoms with Gasteiger partial charge in [0.05, 0.1) is 5.52 Å². The molecular formula is C14H18ClN3. The van der Waals surface area contributed by atoms with Crippen molar-refractivity contribution in [1.29, 1.82) is 0 Å². The average Bonchev–Trinajstić information content (AvgIpc) is 2.27. The van der Waals surface area contributed by atoms with E-state index in [0.717, 1.165) is 27.8 Å². The summed E-state index contributed by atoms with van der Waals surface area (Å²) in [4.78, 5) is 6.68. The Morgan fingerprint density at radius 3 is 2.50 bits per heavy atom. The fraction of sp³-hybridized carbons (Fsp3) is 0.357. The van der Waals surface area contributed by atoms with E-state index in [1.807, 2.05) is 40.1 Å². The Labute approximate surface area is 113 Å². The molecule has 1 aromatic heterocycles. The van der Waals surface area contributed by atoms with Crippen LogP contribution in [0.1, 0.15) is 24.2 Å². The molecule has 4 heteroatoms. The third-order valence-corrected chi connectivity index (χ3v) is 3.20. The molecule has 0 saturated carbocycles. The van der Waals surface area contributed by atoms with E-state index in [-0.39, 0.29) is 6.04 Å². The van der Waals surface area contributed by atoms with Crippen molar-refractivity contribution < 1.29 is 0 Å². The van der Waals surface area contributed by atoms with Gasteiger partial charge in [0.1, 0.15) is 0 Å². The lowest BCUT2D eigenvalue weighted by Gasteiger charge is -2.19. The van der Waals surface area contributed by atoms with Gasteiger partial charge >= 0.3 is 0 Å². The maximum Gasteiger partial charge on any atom is 0.0774 e. The molecule has 0 spiro atoms. The second kappa shape index (κ2) is 4.75. The lowest BCUT2D eigenvalue weighted by Crippen LogP contribution is -2.12. The molecule has 2 N–H and O–H groups in total. The van der Waals surface area contributed by atoms with Gasteiger partial charge in [0.2, 0.25) is 0 Å². The molecule has 0 bridgehead atoms. The number of aromatic nitrogens is 1. The van der Waals surface area contributed by atoms with Crippen molar-refractivity contribution in [2.45, 2.75) is 19.9 Å². The molecule has 0 aliphatic rings. The van der Waals surface area contributed by atoms with Gasteiger partial charge in [-0.2, -0.15) is 0 Å². The Morgan fingerprint density at radius 1 is 1.28 bits per heavy atom. The van der Waals surface area contributed by atoms with E-state index < -0.39 is 0 Å². The summed E-state index contributed by atoms with van der Waals surface area (Å²) in [7, 11) is 4.03. The first-order chi connectivity index (χ1) is 8.40. The van der Waals surface area contributed by atoms with Gasteiger partial charge in [0.15, 0.2) is 0 Å². The van der Waals surface area contributed by atoms with Gasteiger partial charge in [-0.15, -0.1) is 0 Å². The molecule has 18 heavy (non-hydrogen) atoms. The summed E-state index contributed by atoms with van der Waals surface area (Å²) in [6, 6.07) is 5.82. The molecule has 0 aliphatic heterocycles. The summed E-state index contributed by atoms with van der Waals surface area (Å²) < 4.78 is 0. The van der Waals surface area contributed by atoms with Gasteiger partial charge in [0, 0.05) is 41.9 Å². The third-order valence-electron chi connectivity index (χ3n) is 2.99. The normalized spacial score (nSPS) is 12.8. The molecule has 1 aromatic carbocycles. The molecule has 0 amide bonds. The maximum absolute atomic E-state index is 6.18. The zero-order valence-corrected chi connectivity index (χ0v) is 11.9. The quantitative estimate of drug-likeness (QED) is 0.904. The number of rotatable bonds is 2. The summed E-state index contributed by atoms with van der Waals surface area (Å²) in [5, 5.41) is 1.74. The molecule has 0 saturated heterocycles. The first kappa shape index (κ1) is 13.1. The monoisotopic (exact) mass is 263 g/mol. The Kier molecular flexibility index (Phi) is 3.46. The Bertz CT molecular complexity index is 538. The molecule has 0 aliphatic carbocycles. The topological polar surface area (TPSA) is 42.1 Å². The lowest BCUT2D eigenvalue weighted by atomic mass is 10.0. The third kappa shape index (κ3) is 2.28. The summed E-state index contributed by atoms with van der Waals surface area (Å²) in [5.41, 5.74) is 10.0. The summed E-state index contributed by atoms with van der Waals surface area (Å²) >= 11 is 6.18. The number of aryl methyl sites for hydroxylation is 1. The molecule has 96 valence electrons. The van der Waals surface area contributed by atoms with Crippen molar-refractivity contribution >= 4 is 28.2 Å². The molecule has 1 heterocycles. The van der Waals surface area contributed by atoms with E-state index in [0.29, 0.717) is 5.02 Å². The largest absolute Gasteiger partial charge is 0.377 e. The van der Waals surface area contributed by atoms with Crippen LogP contribution in [0.4, 0.5) is 5.69 Å². The number of benzene rings is 1. The maximum atomic E-state index is 6.18. The van der Waals surface area contributed by atoms with Crippen LogP contribution in [0.2, 0.25) is 5.02 Å². The molecule has 0 fully saturated rings. The fourth-order valence-corrected chi connectivity index (χ4v) is 2.37. The van der Waals surface area contributed by atoms with Gasteiger partial charge in [-0.1, -0.05) is 11.6 Å². The number of anilines is 1. The van der Waals surface area contributed by atoms with Crippen molar-refractivity contribution in [1.82, 2.24) is 4.98 Å². The highest BCUT2D eigenvalue weighted by Gasteiger charge is 2.13. The summed E-state index contributed by atoms with van der Waals surface area (Å²) in [6.45, 7) is 3.94. The molecular weight excluding hydrogens is 246 g/mol. The highest BCUT2D eigenvalue weighted by molar-refractivity contribution is 6.31. The van der Waals surface area contributed by atoms with Crippen LogP contribution in [0.25, 0.3) is 10.9 Å². The van der Waals surface area contributed by atoms with Gasteiger partial charge in [-0.25, -0.2) is 0 Å². The average molecular weight is 264 g/mol. The lowest BCUT2D eigenvalue weighted by molar-refractivity contribution is 0.823. The Hall–Kier alpha value is -1.32. The van der Waals surface area contributed by atoms with Crippen LogP contribution in [-0.2, 0) is 0 Å². The highest BCUT2D eigenvalue weighted by atomic mass is 35.5. The first-order valence-corrected chi connectivity index (χ1v) is 6.31. The molecule has 2 rings (SSSR count).